The molecule has 1 saturated heterocycles. The Morgan fingerprint density at radius 3 is 2.25 bits per heavy atom. The number of hydrogen-bond donors (Lipinski definition) is 1. The van der Waals surface area contributed by atoms with Gasteiger partial charge in [-0.25, -0.2) is 8.42 Å². The number of carbonyl (C=O) groups excluding carboxylic acids is 1. The van der Waals surface area contributed by atoms with Gasteiger partial charge in [0.05, 0.1) is 0 Å². The lowest BCUT2D eigenvalue weighted by Crippen LogP contribution is -2.34. The zero-order chi connectivity index (χ0) is 9.19. The van der Waals surface area contributed by atoms with Crippen LogP contribution in [0.25, 0.3) is 0 Å². The van der Waals surface area contributed by atoms with Crippen LogP contribution in [0.2, 0.25) is 0 Å². The number of nitrogens with one attached hydrogen (secondary N) is 1. The Labute approximate surface area is 72.3 Å². The summed E-state index contributed by atoms with van der Waals surface area (Å²) in [6.07, 6.45) is 2.27. The second-order valence-electron chi connectivity index (χ2n) is 3.12. The molecule has 0 aromatic heterocycles. The lowest BCUT2D eigenvalue weighted by molar-refractivity contribution is -0.115. The molecule has 1 rings (SSSR count). The molecule has 12 heavy (non-hydrogen) atoms. The van der Waals surface area contributed by atoms with E-state index in [2.05, 4.69) is 5.32 Å². The molecule has 0 aromatic carbocycles. The lowest BCUT2D eigenvalue weighted by atomic mass is 10.0. The van der Waals surface area contributed by atoms with Crippen LogP contribution in [0.5, 0.6) is 0 Å². The lowest BCUT2D eigenvalue weighted by Gasteiger charge is -2.19. The highest BCUT2D eigenvalue weighted by Crippen LogP contribution is 2.15. The Morgan fingerprint density at radius 2 is 1.83 bits per heavy atom. The fourth-order valence-corrected chi connectivity index (χ4v) is 2.20. The van der Waals surface area contributed by atoms with Gasteiger partial charge in [-0.1, -0.05) is 0 Å². The minimum Gasteiger partial charge on any atom is -0.317 e. The van der Waals surface area contributed by atoms with Crippen LogP contribution in [0.4, 0.5) is 0 Å². The molecule has 0 unspecified atom stereocenters. The number of piperidine rings is 1. The quantitative estimate of drug-likeness (QED) is 0.610. The molecule has 5 heteroatoms. The fraction of sp³-hybridized carbons (Fsp3) is 0.857. The van der Waals surface area contributed by atoms with Gasteiger partial charge in [0.2, 0.25) is 15.0 Å². The van der Waals surface area contributed by atoms with E-state index in [4.69, 9.17) is 0 Å². The highest BCUT2D eigenvalue weighted by atomic mass is 32.2. The van der Waals surface area contributed by atoms with Crippen molar-refractivity contribution in [2.45, 2.75) is 12.8 Å². The predicted molar refractivity (Wildman–Crippen MR) is 45.4 cm³/mol. The molecule has 1 aliphatic rings. The van der Waals surface area contributed by atoms with Crippen molar-refractivity contribution in [3.63, 3.8) is 0 Å². The molecule has 0 aromatic rings. The zero-order valence-electron chi connectivity index (χ0n) is 7.04. The summed E-state index contributed by atoms with van der Waals surface area (Å²) in [5, 5.41) is 2.48. The van der Waals surface area contributed by atoms with E-state index in [9.17, 15) is 13.2 Å². The molecule has 0 aliphatic carbocycles. The highest BCUT2D eigenvalue weighted by Gasteiger charge is 2.27. The molecule has 4 nitrogen and oxygen atoms in total. The number of rotatable bonds is 1. The molecule has 1 N–H and O–H groups in total. The largest absolute Gasteiger partial charge is 0.317 e. The van der Waals surface area contributed by atoms with Crippen LogP contribution < -0.4 is 5.32 Å². The molecule has 0 bridgehead atoms. The van der Waals surface area contributed by atoms with Gasteiger partial charge in [0, 0.05) is 12.2 Å². The fourth-order valence-electron chi connectivity index (χ4n) is 1.36. The van der Waals surface area contributed by atoms with Crippen LogP contribution >= 0.6 is 0 Å². The van der Waals surface area contributed by atoms with Crippen LogP contribution in [-0.2, 0) is 14.6 Å². The van der Waals surface area contributed by atoms with Crippen molar-refractivity contribution in [3.05, 3.63) is 0 Å². The van der Waals surface area contributed by atoms with Gasteiger partial charge in [-0.2, -0.15) is 0 Å². The molecule has 0 radical (unpaired) electrons. The average molecular weight is 191 g/mol. The van der Waals surface area contributed by atoms with E-state index in [0.29, 0.717) is 12.8 Å². The van der Waals surface area contributed by atoms with Gasteiger partial charge in [0.15, 0.2) is 0 Å². The Balaban J connectivity index is 2.64. The second-order valence-corrected chi connectivity index (χ2v) is 5.06. The third-order valence-corrected chi connectivity index (χ3v) is 3.10. The Kier molecular flexibility index (Phi) is 2.85. The predicted octanol–water partition coefficient (Wildman–Crippen LogP) is -0.443. The van der Waals surface area contributed by atoms with Gasteiger partial charge in [-0.15, -0.1) is 0 Å². The van der Waals surface area contributed by atoms with E-state index in [-0.39, 0.29) is 5.92 Å². The standard InChI is InChI=1S/C7H13NO3S/c1-12(10,11)7(9)6-2-4-8-5-3-6/h6,8H,2-5H2,1H3. The van der Waals surface area contributed by atoms with E-state index in [1.165, 1.54) is 0 Å². The minimum absolute atomic E-state index is 0.277. The first-order chi connectivity index (χ1) is 5.52. The van der Waals surface area contributed by atoms with E-state index >= 15 is 0 Å². The third kappa shape index (κ3) is 2.28. The molecule has 1 heterocycles. The summed E-state index contributed by atoms with van der Waals surface area (Å²) in [6.45, 7) is 1.48. The zero-order valence-corrected chi connectivity index (χ0v) is 7.86. The number of sulfone groups is 1. The first kappa shape index (κ1) is 9.67. The molecule has 0 spiro atoms. The molecule has 0 saturated carbocycles. The Hall–Kier alpha value is -0.420. The summed E-state index contributed by atoms with van der Waals surface area (Å²) < 4.78 is 21.7. The van der Waals surface area contributed by atoms with E-state index in [0.717, 1.165) is 19.3 Å². The van der Waals surface area contributed by atoms with E-state index < -0.39 is 15.0 Å². The van der Waals surface area contributed by atoms with Crippen molar-refractivity contribution in [2.24, 2.45) is 5.92 Å². The number of hydrogen-bond acceptors (Lipinski definition) is 4. The smallest absolute Gasteiger partial charge is 0.249 e. The monoisotopic (exact) mass is 191 g/mol. The van der Waals surface area contributed by atoms with Crippen molar-refractivity contribution in [2.75, 3.05) is 19.3 Å². The topological polar surface area (TPSA) is 63.2 Å². The van der Waals surface area contributed by atoms with Crippen LogP contribution in [0.1, 0.15) is 12.8 Å². The van der Waals surface area contributed by atoms with E-state index in [1.54, 1.807) is 0 Å². The first-order valence-electron chi connectivity index (χ1n) is 3.96. The van der Waals surface area contributed by atoms with Gasteiger partial charge in [-0.3, -0.25) is 4.79 Å². The van der Waals surface area contributed by atoms with Crippen molar-refractivity contribution in [3.8, 4) is 0 Å². The maximum atomic E-state index is 11.2. The van der Waals surface area contributed by atoms with Crippen molar-refractivity contribution < 1.29 is 13.2 Å². The van der Waals surface area contributed by atoms with E-state index in [1.807, 2.05) is 0 Å². The van der Waals surface area contributed by atoms with Crippen molar-refractivity contribution in [1.82, 2.24) is 5.32 Å². The summed E-state index contributed by atoms with van der Waals surface area (Å²) >= 11 is 0. The van der Waals surface area contributed by atoms with Gasteiger partial charge >= 0.3 is 0 Å². The van der Waals surface area contributed by atoms with Crippen LogP contribution in [0, 0.1) is 5.92 Å². The van der Waals surface area contributed by atoms with Crippen molar-refractivity contribution >= 4 is 15.0 Å². The SMILES string of the molecule is CS(=O)(=O)C(=O)C1CCNCC1. The maximum absolute atomic E-state index is 11.2. The molecule has 1 aliphatic heterocycles. The molecule has 1 fully saturated rings. The Morgan fingerprint density at radius 1 is 1.33 bits per heavy atom. The molecule has 70 valence electrons. The third-order valence-electron chi connectivity index (χ3n) is 2.04. The molecular weight excluding hydrogens is 178 g/mol. The highest BCUT2D eigenvalue weighted by molar-refractivity contribution is 8.05. The van der Waals surface area contributed by atoms with Crippen LogP contribution in [0.3, 0.4) is 0 Å². The summed E-state index contributed by atoms with van der Waals surface area (Å²) in [5.74, 6) is -0.277. The second kappa shape index (κ2) is 3.53. The first-order valence-corrected chi connectivity index (χ1v) is 5.85. The van der Waals surface area contributed by atoms with Crippen LogP contribution in [-0.4, -0.2) is 32.9 Å². The normalized spacial score (nSPS) is 20.8. The van der Waals surface area contributed by atoms with Crippen LogP contribution in [0.15, 0.2) is 0 Å². The number of carbonyl (C=O) groups is 1. The maximum Gasteiger partial charge on any atom is 0.249 e. The summed E-state index contributed by atoms with van der Waals surface area (Å²) in [7, 11) is -3.47. The van der Waals surface area contributed by atoms with Gasteiger partial charge < -0.3 is 5.32 Å². The van der Waals surface area contributed by atoms with Gasteiger partial charge in [0.25, 0.3) is 0 Å². The molecule has 0 amide bonds. The summed E-state index contributed by atoms with van der Waals surface area (Å²) in [6, 6.07) is 0. The molecular formula is C7H13NO3S. The van der Waals surface area contributed by atoms with Gasteiger partial charge in [-0.05, 0) is 25.9 Å². The van der Waals surface area contributed by atoms with Crippen molar-refractivity contribution in [1.29, 1.82) is 0 Å². The minimum atomic E-state index is -3.47. The Bertz CT molecular complexity index is 264. The summed E-state index contributed by atoms with van der Waals surface area (Å²) in [5.41, 5.74) is 0. The molecule has 0 atom stereocenters. The van der Waals surface area contributed by atoms with Gasteiger partial charge in [0.1, 0.15) is 0 Å². The average Bonchev–Trinajstić information content (AvgIpc) is 2.03. The summed E-state index contributed by atoms with van der Waals surface area (Å²) in [4.78, 5) is 11.2.